The SMILES string of the molecule is C[C@H](Sc1nnc(-c2ccccc2)o1)C(=O)NC1CCCC1. The third-order valence-electron chi connectivity index (χ3n) is 3.78. The van der Waals surface area contributed by atoms with Gasteiger partial charge in [-0.05, 0) is 31.9 Å². The summed E-state index contributed by atoms with van der Waals surface area (Å²) >= 11 is 1.30. The molecule has 1 heterocycles. The van der Waals surface area contributed by atoms with E-state index in [0.29, 0.717) is 17.2 Å². The molecular weight excluding hydrogens is 298 g/mol. The van der Waals surface area contributed by atoms with E-state index in [2.05, 4.69) is 15.5 Å². The van der Waals surface area contributed by atoms with Crippen LogP contribution >= 0.6 is 11.8 Å². The molecule has 0 unspecified atom stereocenters. The van der Waals surface area contributed by atoms with Crippen molar-refractivity contribution in [1.82, 2.24) is 15.5 Å². The van der Waals surface area contributed by atoms with Crippen molar-refractivity contribution in [3.8, 4) is 11.5 Å². The molecule has 1 N–H and O–H groups in total. The Morgan fingerprint density at radius 1 is 1.27 bits per heavy atom. The fourth-order valence-corrected chi connectivity index (χ4v) is 3.24. The zero-order valence-corrected chi connectivity index (χ0v) is 13.3. The molecule has 2 aromatic rings. The summed E-state index contributed by atoms with van der Waals surface area (Å²) in [6.45, 7) is 1.86. The van der Waals surface area contributed by atoms with Crippen LogP contribution in [0.15, 0.2) is 40.0 Å². The quantitative estimate of drug-likeness (QED) is 0.857. The van der Waals surface area contributed by atoms with Crippen molar-refractivity contribution >= 4 is 17.7 Å². The van der Waals surface area contributed by atoms with Crippen LogP contribution in [-0.4, -0.2) is 27.4 Å². The van der Waals surface area contributed by atoms with Gasteiger partial charge in [-0.25, -0.2) is 0 Å². The molecule has 0 saturated heterocycles. The van der Waals surface area contributed by atoms with Crippen molar-refractivity contribution in [1.29, 1.82) is 0 Å². The summed E-state index contributed by atoms with van der Waals surface area (Å²) < 4.78 is 5.62. The Kier molecular flexibility index (Phi) is 4.77. The van der Waals surface area contributed by atoms with E-state index < -0.39 is 0 Å². The summed E-state index contributed by atoms with van der Waals surface area (Å²) in [5.74, 6) is 0.517. The molecule has 1 aliphatic rings. The van der Waals surface area contributed by atoms with Gasteiger partial charge in [0.1, 0.15) is 0 Å². The molecular formula is C16H19N3O2S. The van der Waals surface area contributed by atoms with Gasteiger partial charge in [0.15, 0.2) is 0 Å². The lowest BCUT2D eigenvalue weighted by Gasteiger charge is -2.14. The Hall–Kier alpha value is -1.82. The molecule has 5 nitrogen and oxygen atoms in total. The molecule has 116 valence electrons. The molecule has 0 radical (unpaired) electrons. The number of carbonyl (C=O) groups is 1. The van der Waals surface area contributed by atoms with Crippen LogP contribution in [0.25, 0.3) is 11.5 Å². The largest absolute Gasteiger partial charge is 0.411 e. The number of hydrogen-bond acceptors (Lipinski definition) is 5. The second-order valence-electron chi connectivity index (χ2n) is 5.49. The Morgan fingerprint density at radius 3 is 2.73 bits per heavy atom. The smallest absolute Gasteiger partial charge is 0.277 e. The summed E-state index contributed by atoms with van der Waals surface area (Å²) in [6, 6.07) is 9.94. The van der Waals surface area contributed by atoms with E-state index in [1.807, 2.05) is 37.3 Å². The first kappa shape index (κ1) is 15.1. The number of aromatic nitrogens is 2. The van der Waals surface area contributed by atoms with Crippen molar-refractivity contribution in [2.45, 2.75) is 49.1 Å². The molecule has 0 spiro atoms. The van der Waals surface area contributed by atoms with Crippen molar-refractivity contribution in [3.63, 3.8) is 0 Å². The van der Waals surface area contributed by atoms with Gasteiger partial charge >= 0.3 is 0 Å². The molecule has 1 aliphatic carbocycles. The Morgan fingerprint density at radius 2 is 2.00 bits per heavy atom. The molecule has 1 fully saturated rings. The molecule has 1 aromatic heterocycles. The predicted molar refractivity (Wildman–Crippen MR) is 85.5 cm³/mol. The van der Waals surface area contributed by atoms with Gasteiger partial charge in [-0.1, -0.05) is 42.8 Å². The summed E-state index contributed by atoms with van der Waals surface area (Å²) in [5, 5.41) is 11.3. The van der Waals surface area contributed by atoms with E-state index >= 15 is 0 Å². The van der Waals surface area contributed by atoms with Gasteiger partial charge < -0.3 is 9.73 Å². The van der Waals surface area contributed by atoms with Crippen LogP contribution in [0.1, 0.15) is 32.6 Å². The Balaban J connectivity index is 1.58. The minimum Gasteiger partial charge on any atom is -0.411 e. The van der Waals surface area contributed by atoms with Crippen molar-refractivity contribution < 1.29 is 9.21 Å². The van der Waals surface area contributed by atoms with E-state index in [4.69, 9.17) is 4.42 Å². The number of thioether (sulfide) groups is 1. The topological polar surface area (TPSA) is 68.0 Å². The first-order chi connectivity index (χ1) is 10.7. The summed E-state index contributed by atoms with van der Waals surface area (Å²) in [5.41, 5.74) is 0.880. The number of benzene rings is 1. The summed E-state index contributed by atoms with van der Waals surface area (Å²) in [6.07, 6.45) is 4.58. The number of amides is 1. The third kappa shape index (κ3) is 3.68. The lowest BCUT2D eigenvalue weighted by Crippen LogP contribution is -2.37. The average Bonchev–Trinajstić information content (AvgIpc) is 3.20. The molecule has 0 aliphatic heterocycles. The van der Waals surface area contributed by atoms with Gasteiger partial charge in [0.2, 0.25) is 11.8 Å². The molecule has 22 heavy (non-hydrogen) atoms. The zero-order chi connectivity index (χ0) is 15.4. The van der Waals surface area contributed by atoms with Crippen LogP contribution in [0.2, 0.25) is 0 Å². The summed E-state index contributed by atoms with van der Waals surface area (Å²) in [7, 11) is 0. The average molecular weight is 317 g/mol. The first-order valence-corrected chi connectivity index (χ1v) is 8.46. The highest BCUT2D eigenvalue weighted by Crippen LogP contribution is 2.26. The molecule has 6 heteroatoms. The third-order valence-corrected chi connectivity index (χ3v) is 4.71. The second-order valence-corrected chi connectivity index (χ2v) is 6.78. The van der Waals surface area contributed by atoms with Gasteiger partial charge in [-0.15, -0.1) is 10.2 Å². The first-order valence-electron chi connectivity index (χ1n) is 7.58. The van der Waals surface area contributed by atoms with Gasteiger partial charge in [-0.3, -0.25) is 4.79 Å². The minimum absolute atomic E-state index is 0.0383. The maximum Gasteiger partial charge on any atom is 0.277 e. The Bertz CT molecular complexity index is 623. The maximum atomic E-state index is 12.2. The molecule has 1 amide bonds. The fraction of sp³-hybridized carbons (Fsp3) is 0.438. The fourth-order valence-electron chi connectivity index (χ4n) is 2.55. The maximum absolute atomic E-state index is 12.2. The highest BCUT2D eigenvalue weighted by molar-refractivity contribution is 8.00. The van der Waals surface area contributed by atoms with Crippen LogP contribution in [0.4, 0.5) is 0 Å². The van der Waals surface area contributed by atoms with Crippen LogP contribution in [0.5, 0.6) is 0 Å². The van der Waals surface area contributed by atoms with Gasteiger partial charge in [0.05, 0.1) is 5.25 Å². The number of carbonyl (C=O) groups excluding carboxylic acids is 1. The van der Waals surface area contributed by atoms with E-state index in [9.17, 15) is 4.79 Å². The highest BCUT2D eigenvalue weighted by Gasteiger charge is 2.23. The van der Waals surface area contributed by atoms with Crippen molar-refractivity contribution in [2.24, 2.45) is 0 Å². The Labute approximate surface area is 133 Å². The van der Waals surface area contributed by atoms with Crippen LogP contribution in [0, 0.1) is 0 Å². The number of hydrogen-bond donors (Lipinski definition) is 1. The van der Waals surface area contributed by atoms with Crippen LogP contribution in [0.3, 0.4) is 0 Å². The van der Waals surface area contributed by atoms with Gasteiger partial charge in [0, 0.05) is 11.6 Å². The van der Waals surface area contributed by atoms with Crippen LogP contribution < -0.4 is 5.32 Å². The number of rotatable bonds is 5. The van der Waals surface area contributed by atoms with Crippen molar-refractivity contribution in [3.05, 3.63) is 30.3 Å². The molecule has 1 aromatic carbocycles. The lowest BCUT2D eigenvalue weighted by molar-refractivity contribution is -0.120. The highest BCUT2D eigenvalue weighted by atomic mass is 32.2. The van der Waals surface area contributed by atoms with Gasteiger partial charge in [0.25, 0.3) is 5.22 Å². The molecule has 0 bridgehead atoms. The van der Waals surface area contributed by atoms with Crippen LogP contribution in [-0.2, 0) is 4.79 Å². The number of nitrogens with one attached hydrogen (secondary N) is 1. The predicted octanol–water partition coefficient (Wildman–Crippen LogP) is 3.28. The molecule has 1 saturated carbocycles. The minimum atomic E-state index is -0.246. The molecule has 1 atom stereocenters. The monoisotopic (exact) mass is 317 g/mol. The van der Waals surface area contributed by atoms with Gasteiger partial charge in [-0.2, -0.15) is 0 Å². The van der Waals surface area contributed by atoms with E-state index in [-0.39, 0.29) is 11.2 Å². The summed E-state index contributed by atoms with van der Waals surface area (Å²) in [4.78, 5) is 12.2. The normalized spacial score (nSPS) is 16.6. The van der Waals surface area contributed by atoms with E-state index in [0.717, 1.165) is 18.4 Å². The standard InChI is InChI=1S/C16H19N3O2S/c1-11(14(20)17-13-9-5-6-10-13)22-16-19-18-15(21-16)12-7-3-2-4-8-12/h2-4,7-8,11,13H,5-6,9-10H2,1H3,(H,17,20)/t11-/m0/s1. The van der Waals surface area contributed by atoms with E-state index in [1.54, 1.807) is 0 Å². The van der Waals surface area contributed by atoms with E-state index in [1.165, 1.54) is 24.6 Å². The zero-order valence-electron chi connectivity index (χ0n) is 12.5. The lowest BCUT2D eigenvalue weighted by atomic mass is 10.2. The second kappa shape index (κ2) is 6.96. The number of nitrogens with zero attached hydrogens (tertiary/aromatic N) is 2. The molecule has 3 rings (SSSR count). The van der Waals surface area contributed by atoms with Crippen molar-refractivity contribution in [2.75, 3.05) is 0 Å².